The Kier molecular flexibility index (Phi) is 5.61. The third-order valence-corrected chi connectivity index (χ3v) is 3.15. The second-order valence-corrected chi connectivity index (χ2v) is 5.59. The molecule has 0 spiro atoms. The van der Waals surface area contributed by atoms with E-state index in [1.807, 2.05) is 33.8 Å². The van der Waals surface area contributed by atoms with Crippen LogP contribution >= 0.6 is 0 Å². The van der Waals surface area contributed by atoms with E-state index in [1.54, 1.807) is 6.08 Å². The summed E-state index contributed by atoms with van der Waals surface area (Å²) in [6, 6.07) is 1.81. The third kappa shape index (κ3) is 4.13. The van der Waals surface area contributed by atoms with Gasteiger partial charge in [-0.1, -0.05) is 27.7 Å². The second-order valence-electron chi connectivity index (χ2n) is 5.59. The molecule has 0 saturated carbocycles. The zero-order valence-electron chi connectivity index (χ0n) is 13.0. The summed E-state index contributed by atoms with van der Waals surface area (Å²) in [5, 5.41) is 8.97. The fraction of sp³-hybridized carbons (Fsp3) is 0.533. The summed E-state index contributed by atoms with van der Waals surface area (Å²) >= 11 is 0. The predicted octanol–water partition coefficient (Wildman–Crippen LogP) is 3.41. The molecule has 0 aliphatic rings. The molecule has 1 amide bonds. The molecular weight excluding hydrogens is 270 g/mol. The number of carbonyl (C=O) groups excluding carboxylic acids is 1. The zero-order valence-corrected chi connectivity index (χ0v) is 13.0. The van der Waals surface area contributed by atoms with Crippen LogP contribution in [0.4, 0.5) is 10.5 Å². The van der Waals surface area contributed by atoms with Crippen LogP contribution in [0.2, 0.25) is 0 Å². The molecule has 6 nitrogen and oxygen atoms in total. The smallest absolute Gasteiger partial charge is 0.407 e. The lowest BCUT2D eigenvalue weighted by molar-refractivity contribution is 0.153. The van der Waals surface area contributed by atoms with Crippen molar-refractivity contribution in [3.05, 3.63) is 23.0 Å². The molecule has 0 radical (unpaired) electrons. The molecule has 0 atom stereocenters. The summed E-state index contributed by atoms with van der Waals surface area (Å²) in [7, 11) is 1.49. The average molecular weight is 291 g/mol. The van der Waals surface area contributed by atoms with Crippen LogP contribution in [0.3, 0.4) is 0 Å². The molecule has 0 aliphatic carbocycles. The van der Waals surface area contributed by atoms with Crippen molar-refractivity contribution in [2.24, 2.45) is 4.99 Å². The first-order valence-electron chi connectivity index (χ1n) is 6.83. The maximum absolute atomic E-state index is 10.9. The summed E-state index contributed by atoms with van der Waals surface area (Å²) in [5.74, 6) is 0.219. The molecule has 1 aromatic rings. The number of nitrogens with zero attached hydrogens (tertiary/aromatic N) is 3. The molecule has 0 fully saturated rings. The van der Waals surface area contributed by atoms with Gasteiger partial charge in [0.25, 0.3) is 0 Å². The van der Waals surface area contributed by atoms with Crippen LogP contribution in [0.15, 0.2) is 11.1 Å². The number of pyridine rings is 1. The summed E-state index contributed by atoms with van der Waals surface area (Å²) in [4.78, 5) is 31.1. The van der Waals surface area contributed by atoms with Gasteiger partial charge < -0.3 is 10.0 Å². The maximum atomic E-state index is 10.9. The number of hydrogen-bond donors (Lipinski definition) is 1. The molecule has 1 aromatic heterocycles. The average Bonchev–Trinajstić information content (AvgIpc) is 2.39. The largest absolute Gasteiger partial charge is 0.465 e. The summed E-state index contributed by atoms with van der Waals surface area (Å²) in [6.45, 7) is 8.10. The minimum Gasteiger partial charge on any atom is -0.465 e. The molecule has 0 bridgehead atoms. The van der Waals surface area contributed by atoms with Crippen molar-refractivity contribution in [3.8, 4) is 0 Å². The Hall–Kier alpha value is -2.20. The van der Waals surface area contributed by atoms with E-state index in [-0.39, 0.29) is 18.4 Å². The van der Waals surface area contributed by atoms with E-state index >= 15 is 0 Å². The Morgan fingerprint density at radius 2 is 2.00 bits per heavy atom. The lowest BCUT2D eigenvalue weighted by atomic mass is 9.96. The van der Waals surface area contributed by atoms with Crippen molar-refractivity contribution < 1.29 is 14.7 Å². The minimum absolute atomic E-state index is 0.0738. The quantitative estimate of drug-likeness (QED) is 0.665. The molecule has 6 heteroatoms. The van der Waals surface area contributed by atoms with E-state index in [2.05, 4.69) is 9.98 Å². The number of hydrogen-bond acceptors (Lipinski definition) is 4. The molecule has 0 aromatic carbocycles. The molecular formula is C15H21N3O3. The highest BCUT2D eigenvalue weighted by Gasteiger charge is 2.18. The molecule has 1 heterocycles. The van der Waals surface area contributed by atoms with Gasteiger partial charge in [-0.15, -0.1) is 0 Å². The van der Waals surface area contributed by atoms with Gasteiger partial charge in [-0.2, -0.15) is 4.99 Å². The number of aliphatic imine (C=N–C) groups is 1. The number of carboxylic acid groups (broad SMARTS) is 1. The Bertz CT molecular complexity index is 547. The van der Waals surface area contributed by atoms with Crippen LogP contribution in [0.25, 0.3) is 0 Å². The van der Waals surface area contributed by atoms with Crippen LogP contribution in [0.1, 0.15) is 56.5 Å². The first-order valence-corrected chi connectivity index (χ1v) is 6.83. The standard InChI is InChI=1S/C15H21N3O3/c1-9(2)12-6-11(7-18(5)15(20)21)17-13(10(3)4)14(12)16-8-19/h6,9-10H,7H2,1-5H3,(H,20,21). The van der Waals surface area contributed by atoms with E-state index in [9.17, 15) is 9.59 Å². The van der Waals surface area contributed by atoms with Gasteiger partial charge >= 0.3 is 6.09 Å². The SMILES string of the molecule is CC(C)c1cc(CN(C)C(=O)O)nc(C(C)C)c1N=C=O. The number of isocyanates is 1. The topological polar surface area (TPSA) is 82.9 Å². The number of aromatic nitrogens is 1. The number of rotatable bonds is 5. The van der Waals surface area contributed by atoms with Crippen molar-refractivity contribution in [2.75, 3.05) is 7.05 Å². The highest BCUT2D eigenvalue weighted by atomic mass is 16.4. The Balaban J connectivity index is 3.43. The van der Waals surface area contributed by atoms with Gasteiger partial charge in [-0.25, -0.2) is 9.59 Å². The molecule has 0 unspecified atom stereocenters. The maximum Gasteiger partial charge on any atom is 0.407 e. The van der Waals surface area contributed by atoms with Crippen molar-refractivity contribution in [3.63, 3.8) is 0 Å². The van der Waals surface area contributed by atoms with Gasteiger partial charge in [0, 0.05) is 7.05 Å². The van der Waals surface area contributed by atoms with E-state index in [0.717, 1.165) is 5.56 Å². The summed E-state index contributed by atoms with van der Waals surface area (Å²) in [6.07, 6.45) is 0.573. The Morgan fingerprint density at radius 1 is 1.38 bits per heavy atom. The molecule has 1 N–H and O–H groups in total. The van der Waals surface area contributed by atoms with Crippen molar-refractivity contribution in [1.82, 2.24) is 9.88 Å². The normalized spacial score (nSPS) is 10.6. The zero-order chi connectivity index (χ0) is 16.2. The van der Waals surface area contributed by atoms with Gasteiger partial charge in [0.2, 0.25) is 6.08 Å². The minimum atomic E-state index is -1.01. The molecule has 21 heavy (non-hydrogen) atoms. The number of carbonyl (C=O) groups is 1. The van der Waals surface area contributed by atoms with E-state index in [4.69, 9.17) is 5.11 Å². The monoisotopic (exact) mass is 291 g/mol. The van der Waals surface area contributed by atoms with E-state index in [0.29, 0.717) is 17.1 Å². The highest BCUT2D eigenvalue weighted by Crippen LogP contribution is 2.34. The van der Waals surface area contributed by atoms with Crippen LogP contribution in [0.5, 0.6) is 0 Å². The molecule has 0 saturated heterocycles. The summed E-state index contributed by atoms with van der Waals surface area (Å²) in [5.41, 5.74) is 2.78. The Labute approximate surface area is 124 Å². The van der Waals surface area contributed by atoms with Gasteiger partial charge in [-0.05, 0) is 23.5 Å². The van der Waals surface area contributed by atoms with Crippen LogP contribution in [0, 0.1) is 0 Å². The van der Waals surface area contributed by atoms with Crippen molar-refractivity contribution >= 4 is 17.9 Å². The summed E-state index contributed by atoms with van der Waals surface area (Å²) < 4.78 is 0. The van der Waals surface area contributed by atoms with Crippen LogP contribution < -0.4 is 0 Å². The highest BCUT2D eigenvalue weighted by molar-refractivity contribution is 5.64. The van der Waals surface area contributed by atoms with Crippen LogP contribution in [-0.2, 0) is 11.3 Å². The fourth-order valence-electron chi connectivity index (χ4n) is 2.04. The van der Waals surface area contributed by atoms with E-state index < -0.39 is 6.09 Å². The van der Waals surface area contributed by atoms with E-state index in [1.165, 1.54) is 11.9 Å². The molecule has 1 rings (SSSR count). The fourth-order valence-corrected chi connectivity index (χ4v) is 2.04. The van der Waals surface area contributed by atoms with Gasteiger partial charge in [-0.3, -0.25) is 4.98 Å². The first-order chi connectivity index (χ1) is 9.77. The van der Waals surface area contributed by atoms with Crippen molar-refractivity contribution in [1.29, 1.82) is 0 Å². The molecule has 114 valence electrons. The van der Waals surface area contributed by atoms with Gasteiger partial charge in [0.15, 0.2) is 0 Å². The first kappa shape index (κ1) is 16.9. The number of amides is 1. The van der Waals surface area contributed by atoms with Gasteiger partial charge in [0.1, 0.15) is 5.69 Å². The lowest BCUT2D eigenvalue weighted by Gasteiger charge is -2.19. The Morgan fingerprint density at radius 3 is 2.43 bits per heavy atom. The second kappa shape index (κ2) is 6.99. The predicted molar refractivity (Wildman–Crippen MR) is 79.7 cm³/mol. The van der Waals surface area contributed by atoms with Crippen molar-refractivity contribution in [2.45, 2.75) is 46.1 Å². The third-order valence-electron chi connectivity index (χ3n) is 3.15. The van der Waals surface area contributed by atoms with Crippen LogP contribution in [-0.4, -0.2) is 34.2 Å². The lowest BCUT2D eigenvalue weighted by Crippen LogP contribution is -2.24. The van der Waals surface area contributed by atoms with Gasteiger partial charge in [0.05, 0.1) is 17.9 Å². The molecule has 0 aliphatic heterocycles.